The molecule has 0 amide bonds. The van der Waals surface area contributed by atoms with Gasteiger partial charge < -0.3 is 5.11 Å². The number of hydrogen-bond donors (Lipinski definition) is 2. The fraction of sp³-hybridized carbons (Fsp3) is 0.500. The Morgan fingerprint density at radius 3 is 2.84 bits per heavy atom. The summed E-state index contributed by atoms with van der Waals surface area (Å²) in [6.45, 7) is 0.0571. The molecule has 1 aliphatic carbocycles. The van der Waals surface area contributed by atoms with Crippen LogP contribution in [0.1, 0.15) is 29.6 Å². The van der Waals surface area contributed by atoms with Crippen molar-refractivity contribution in [1.82, 2.24) is 14.5 Å². The molecule has 102 valence electrons. The van der Waals surface area contributed by atoms with Gasteiger partial charge in [0.2, 0.25) is 0 Å². The van der Waals surface area contributed by atoms with Crippen molar-refractivity contribution in [2.75, 3.05) is 6.54 Å². The first-order valence-corrected chi connectivity index (χ1v) is 7.08. The molecule has 1 saturated carbocycles. The highest BCUT2D eigenvalue weighted by molar-refractivity contribution is 7.89. The zero-order valence-electron chi connectivity index (χ0n) is 9.90. The quantitative estimate of drug-likeness (QED) is 0.766. The molecule has 2 N–H and O–H groups in total. The first kappa shape index (κ1) is 13.5. The number of carboxylic acid groups (broad SMARTS) is 1. The highest BCUT2D eigenvalue weighted by Crippen LogP contribution is 2.32. The smallest absolute Gasteiger partial charge is 0.340 e. The molecule has 19 heavy (non-hydrogen) atoms. The number of sulfonamides is 1. The Hall–Kier alpha value is -1.92. The van der Waals surface area contributed by atoms with Crippen molar-refractivity contribution >= 4 is 16.0 Å². The maximum atomic E-state index is 12.4. The summed E-state index contributed by atoms with van der Waals surface area (Å²) < 4.78 is 26.0. The van der Waals surface area contributed by atoms with E-state index < -0.39 is 21.0 Å². The van der Waals surface area contributed by atoms with Gasteiger partial charge in [0.05, 0.1) is 12.3 Å². The SMILES string of the molecule is N#CCCN(C1CC1)S(=O)(=O)c1[nH]ncc1C(=O)O. The predicted octanol–water partition coefficient (Wildman–Crippen LogP) is 0.175. The highest BCUT2D eigenvalue weighted by atomic mass is 32.2. The largest absolute Gasteiger partial charge is 0.478 e. The maximum Gasteiger partial charge on any atom is 0.340 e. The summed E-state index contributed by atoms with van der Waals surface area (Å²) in [7, 11) is -3.96. The van der Waals surface area contributed by atoms with Crippen LogP contribution >= 0.6 is 0 Å². The third kappa shape index (κ3) is 2.59. The Labute approximate surface area is 109 Å². The van der Waals surface area contributed by atoms with Gasteiger partial charge in [-0.2, -0.15) is 14.7 Å². The Morgan fingerprint density at radius 2 is 2.32 bits per heavy atom. The first-order valence-electron chi connectivity index (χ1n) is 5.64. The number of aromatic carboxylic acids is 1. The second kappa shape index (κ2) is 4.99. The van der Waals surface area contributed by atoms with Crippen molar-refractivity contribution in [3.05, 3.63) is 11.8 Å². The van der Waals surface area contributed by atoms with Gasteiger partial charge in [0, 0.05) is 19.0 Å². The van der Waals surface area contributed by atoms with Gasteiger partial charge in [-0.05, 0) is 12.8 Å². The Morgan fingerprint density at radius 1 is 1.63 bits per heavy atom. The van der Waals surface area contributed by atoms with E-state index in [1.54, 1.807) is 0 Å². The molecular weight excluding hydrogens is 272 g/mol. The number of nitrogens with one attached hydrogen (secondary N) is 1. The number of carboxylic acids is 1. The summed E-state index contributed by atoms with van der Waals surface area (Å²) >= 11 is 0. The Bertz CT molecular complexity index is 626. The summed E-state index contributed by atoms with van der Waals surface area (Å²) in [4.78, 5) is 11.0. The van der Waals surface area contributed by atoms with Crippen LogP contribution in [0.4, 0.5) is 0 Å². The van der Waals surface area contributed by atoms with E-state index in [0.29, 0.717) is 0 Å². The molecule has 0 saturated heterocycles. The third-order valence-electron chi connectivity index (χ3n) is 2.80. The van der Waals surface area contributed by atoms with Crippen molar-refractivity contribution in [1.29, 1.82) is 5.26 Å². The van der Waals surface area contributed by atoms with E-state index in [2.05, 4.69) is 10.2 Å². The zero-order valence-corrected chi connectivity index (χ0v) is 10.7. The number of rotatable bonds is 6. The zero-order chi connectivity index (χ0) is 14.0. The summed E-state index contributed by atoms with van der Waals surface area (Å²) in [6.07, 6.45) is 2.47. The van der Waals surface area contributed by atoms with Gasteiger partial charge in [-0.25, -0.2) is 13.2 Å². The third-order valence-corrected chi connectivity index (χ3v) is 4.72. The summed E-state index contributed by atoms with van der Waals surface area (Å²) in [5, 5.41) is 22.8. The van der Waals surface area contributed by atoms with Crippen LogP contribution < -0.4 is 0 Å². The van der Waals surface area contributed by atoms with E-state index >= 15 is 0 Å². The second-order valence-electron chi connectivity index (χ2n) is 4.17. The lowest BCUT2D eigenvalue weighted by molar-refractivity contribution is 0.0692. The van der Waals surface area contributed by atoms with Crippen molar-refractivity contribution in [3.8, 4) is 6.07 Å². The molecule has 1 aromatic heterocycles. The van der Waals surface area contributed by atoms with Gasteiger partial charge in [0.25, 0.3) is 10.0 Å². The van der Waals surface area contributed by atoms with Crippen LogP contribution in [0.2, 0.25) is 0 Å². The fourth-order valence-corrected chi connectivity index (χ4v) is 3.52. The van der Waals surface area contributed by atoms with Crippen LogP contribution in [0, 0.1) is 11.3 Å². The molecule has 2 rings (SSSR count). The normalized spacial score (nSPS) is 15.4. The molecule has 9 heteroatoms. The van der Waals surface area contributed by atoms with E-state index in [9.17, 15) is 13.2 Å². The Kier molecular flexibility index (Phi) is 3.55. The molecule has 0 atom stereocenters. The molecule has 0 radical (unpaired) electrons. The second-order valence-corrected chi connectivity index (χ2v) is 6.00. The minimum absolute atomic E-state index is 0.0571. The minimum atomic E-state index is -3.96. The van der Waals surface area contributed by atoms with E-state index in [4.69, 9.17) is 10.4 Å². The number of H-pyrrole nitrogens is 1. The van der Waals surface area contributed by atoms with E-state index in [-0.39, 0.29) is 24.6 Å². The molecule has 1 heterocycles. The summed E-state index contributed by atoms with van der Waals surface area (Å²) in [5.41, 5.74) is -0.386. The number of nitrogens with zero attached hydrogens (tertiary/aromatic N) is 3. The van der Waals surface area contributed by atoms with Gasteiger partial charge in [-0.15, -0.1) is 0 Å². The average Bonchev–Trinajstić information content (AvgIpc) is 3.04. The van der Waals surface area contributed by atoms with Gasteiger partial charge in [0.15, 0.2) is 5.03 Å². The number of nitriles is 1. The lowest BCUT2D eigenvalue weighted by Crippen LogP contribution is -2.35. The lowest BCUT2D eigenvalue weighted by Gasteiger charge is -2.19. The fourth-order valence-electron chi connectivity index (χ4n) is 1.76. The monoisotopic (exact) mass is 284 g/mol. The van der Waals surface area contributed by atoms with Crippen molar-refractivity contribution in [2.24, 2.45) is 0 Å². The number of carbonyl (C=O) groups is 1. The van der Waals surface area contributed by atoms with Crippen LogP contribution in [-0.4, -0.2) is 46.6 Å². The van der Waals surface area contributed by atoms with Crippen molar-refractivity contribution in [2.45, 2.75) is 30.3 Å². The van der Waals surface area contributed by atoms with E-state index in [0.717, 1.165) is 19.0 Å². The molecule has 0 unspecified atom stereocenters. The molecule has 8 nitrogen and oxygen atoms in total. The van der Waals surface area contributed by atoms with Crippen LogP contribution in [0.15, 0.2) is 11.2 Å². The van der Waals surface area contributed by atoms with Gasteiger partial charge >= 0.3 is 5.97 Å². The number of aromatic nitrogens is 2. The molecular formula is C10H12N4O4S. The van der Waals surface area contributed by atoms with E-state index in [1.165, 1.54) is 4.31 Å². The number of aromatic amines is 1. The first-order chi connectivity index (χ1) is 8.98. The van der Waals surface area contributed by atoms with Crippen LogP contribution in [0.3, 0.4) is 0 Å². The summed E-state index contributed by atoms with van der Waals surface area (Å²) in [6, 6.07) is 1.74. The summed E-state index contributed by atoms with van der Waals surface area (Å²) in [5.74, 6) is -1.36. The average molecular weight is 284 g/mol. The van der Waals surface area contributed by atoms with Crippen LogP contribution in [0.5, 0.6) is 0 Å². The molecule has 1 fully saturated rings. The molecule has 1 aliphatic rings. The molecule has 0 aromatic carbocycles. The minimum Gasteiger partial charge on any atom is -0.478 e. The van der Waals surface area contributed by atoms with Gasteiger partial charge in [-0.1, -0.05) is 0 Å². The molecule has 0 bridgehead atoms. The van der Waals surface area contributed by atoms with Gasteiger partial charge in [-0.3, -0.25) is 5.10 Å². The molecule has 0 spiro atoms. The number of hydrogen-bond acceptors (Lipinski definition) is 5. The van der Waals surface area contributed by atoms with Gasteiger partial charge in [0.1, 0.15) is 5.56 Å². The molecule has 0 aliphatic heterocycles. The van der Waals surface area contributed by atoms with Crippen molar-refractivity contribution < 1.29 is 18.3 Å². The van der Waals surface area contributed by atoms with Crippen LogP contribution in [0.25, 0.3) is 0 Å². The van der Waals surface area contributed by atoms with Crippen molar-refractivity contribution in [3.63, 3.8) is 0 Å². The topological polar surface area (TPSA) is 127 Å². The maximum absolute atomic E-state index is 12.4. The molecule has 1 aromatic rings. The predicted molar refractivity (Wildman–Crippen MR) is 62.7 cm³/mol. The standard InChI is InChI=1S/C10H12N4O4S/c11-4-1-5-14(7-2-3-7)19(17,18)9-8(10(15)16)6-12-13-9/h6-7H,1-3,5H2,(H,12,13)(H,15,16). The lowest BCUT2D eigenvalue weighted by atomic mass is 10.4. The van der Waals surface area contributed by atoms with E-state index in [1.807, 2.05) is 6.07 Å². The van der Waals surface area contributed by atoms with Crippen LogP contribution in [-0.2, 0) is 10.0 Å². The Balaban J connectivity index is 2.36. The highest BCUT2D eigenvalue weighted by Gasteiger charge is 2.40.